The molecular weight excluding hydrogens is 222 g/mol. The highest BCUT2D eigenvalue weighted by Crippen LogP contribution is 2.35. The smallest absolute Gasteiger partial charge is 0.130 e. The third kappa shape index (κ3) is 3.44. The molecule has 100 valence electrons. The lowest BCUT2D eigenvalue weighted by molar-refractivity contribution is 0.232. The van der Waals surface area contributed by atoms with Crippen molar-refractivity contribution in [3.05, 3.63) is 17.6 Å². The molecule has 1 aromatic heterocycles. The molecule has 0 unspecified atom stereocenters. The first-order chi connectivity index (χ1) is 8.48. The second-order valence-electron chi connectivity index (χ2n) is 6.23. The number of nitrogens with zero attached hydrogens (tertiary/aromatic N) is 2. The molecule has 1 aliphatic carbocycles. The minimum Gasteiger partial charge on any atom is -0.367 e. The van der Waals surface area contributed by atoms with Crippen molar-refractivity contribution < 1.29 is 0 Å². The van der Waals surface area contributed by atoms with E-state index in [1.165, 1.54) is 25.7 Å². The van der Waals surface area contributed by atoms with Crippen LogP contribution in [0.4, 0.5) is 5.82 Å². The maximum atomic E-state index is 4.49. The van der Waals surface area contributed by atoms with Gasteiger partial charge in [-0.2, -0.15) is 0 Å². The van der Waals surface area contributed by atoms with E-state index in [9.17, 15) is 0 Å². The van der Waals surface area contributed by atoms with Crippen LogP contribution in [0, 0.1) is 12.3 Å². The molecule has 1 aliphatic rings. The summed E-state index contributed by atoms with van der Waals surface area (Å²) < 4.78 is 0. The Labute approximate surface area is 110 Å². The Morgan fingerprint density at radius 3 is 2.56 bits per heavy atom. The lowest BCUT2D eigenvalue weighted by Crippen LogP contribution is -2.30. The van der Waals surface area contributed by atoms with E-state index in [-0.39, 0.29) is 0 Å². The van der Waals surface area contributed by atoms with Crippen molar-refractivity contribution in [1.82, 2.24) is 9.97 Å². The van der Waals surface area contributed by atoms with Gasteiger partial charge < -0.3 is 5.32 Å². The van der Waals surface area contributed by atoms with Gasteiger partial charge >= 0.3 is 0 Å². The van der Waals surface area contributed by atoms with Crippen LogP contribution >= 0.6 is 0 Å². The topological polar surface area (TPSA) is 37.8 Å². The number of hydrogen-bond acceptors (Lipinski definition) is 3. The molecule has 0 bridgehead atoms. The van der Waals surface area contributed by atoms with Crippen molar-refractivity contribution in [2.24, 2.45) is 5.41 Å². The largest absolute Gasteiger partial charge is 0.367 e. The fourth-order valence-corrected chi connectivity index (χ4v) is 2.64. The monoisotopic (exact) mass is 247 g/mol. The standard InChI is InChI=1S/C15H25N3/c1-5-12-10-14(17-11(2)16-12)18-13-6-8-15(3,4)9-7-13/h10,13H,5-9H2,1-4H3,(H,16,17,18). The maximum absolute atomic E-state index is 4.49. The molecule has 1 aromatic rings. The molecule has 0 amide bonds. The zero-order valence-corrected chi connectivity index (χ0v) is 12.1. The Kier molecular flexibility index (Phi) is 3.88. The quantitative estimate of drug-likeness (QED) is 0.884. The number of anilines is 1. The van der Waals surface area contributed by atoms with E-state index in [0.717, 1.165) is 23.8 Å². The average Bonchev–Trinajstić information content (AvgIpc) is 2.31. The molecule has 1 saturated carbocycles. The van der Waals surface area contributed by atoms with E-state index in [1.54, 1.807) is 0 Å². The summed E-state index contributed by atoms with van der Waals surface area (Å²) in [6, 6.07) is 2.67. The van der Waals surface area contributed by atoms with E-state index in [0.29, 0.717) is 11.5 Å². The molecule has 0 radical (unpaired) electrons. The molecule has 0 atom stereocenters. The summed E-state index contributed by atoms with van der Waals surface area (Å²) in [4.78, 5) is 8.91. The predicted octanol–water partition coefficient (Wildman–Crippen LogP) is 3.73. The second-order valence-corrected chi connectivity index (χ2v) is 6.23. The van der Waals surface area contributed by atoms with Crippen molar-refractivity contribution >= 4 is 5.82 Å². The molecule has 0 aromatic carbocycles. The van der Waals surface area contributed by atoms with E-state index in [4.69, 9.17) is 0 Å². The van der Waals surface area contributed by atoms with Crippen LogP contribution in [-0.2, 0) is 6.42 Å². The van der Waals surface area contributed by atoms with Crippen molar-refractivity contribution in [1.29, 1.82) is 0 Å². The van der Waals surface area contributed by atoms with E-state index in [1.807, 2.05) is 6.92 Å². The van der Waals surface area contributed by atoms with Gasteiger partial charge in [-0.25, -0.2) is 9.97 Å². The van der Waals surface area contributed by atoms with E-state index in [2.05, 4.69) is 42.1 Å². The third-order valence-corrected chi connectivity index (χ3v) is 3.94. The molecule has 1 N–H and O–H groups in total. The van der Waals surface area contributed by atoms with Crippen LogP contribution in [0.3, 0.4) is 0 Å². The number of aryl methyl sites for hydroxylation is 2. The Balaban J connectivity index is 2.00. The van der Waals surface area contributed by atoms with Gasteiger partial charge in [-0.15, -0.1) is 0 Å². The number of nitrogens with one attached hydrogen (secondary N) is 1. The van der Waals surface area contributed by atoms with Gasteiger partial charge in [0.15, 0.2) is 0 Å². The molecule has 2 rings (SSSR count). The van der Waals surface area contributed by atoms with Crippen molar-refractivity contribution in [3.63, 3.8) is 0 Å². The van der Waals surface area contributed by atoms with Crippen LogP contribution in [0.2, 0.25) is 0 Å². The van der Waals surface area contributed by atoms with Crippen LogP contribution in [-0.4, -0.2) is 16.0 Å². The number of rotatable bonds is 3. The summed E-state index contributed by atoms with van der Waals surface area (Å²) in [7, 11) is 0. The van der Waals surface area contributed by atoms with Gasteiger partial charge in [-0.05, 0) is 44.4 Å². The summed E-state index contributed by atoms with van der Waals surface area (Å²) >= 11 is 0. The average molecular weight is 247 g/mol. The summed E-state index contributed by atoms with van der Waals surface area (Å²) in [5, 5.41) is 3.58. The first-order valence-electron chi connectivity index (χ1n) is 7.09. The minimum absolute atomic E-state index is 0.522. The Hall–Kier alpha value is -1.12. The highest BCUT2D eigenvalue weighted by atomic mass is 15.0. The van der Waals surface area contributed by atoms with Crippen LogP contribution in [0.15, 0.2) is 6.07 Å². The molecular formula is C15H25N3. The van der Waals surface area contributed by atoms with Gasteiger partial charge in [0.1, 0.15) is 11.6 Å². The lowest BCUT2D eigenvalue weighted by Gasteiger charge is -2.34. The molecule has 0 aliphatic heterocycles. The SMILES string of the molecule is CCc1cc(NC2CCC(C)(C)CC2)nc(C)n1. The molecule has 18 heavy (non-hydrogen) atoms. The zero-order chi connectivity index (χ0) is 13.2. The van der Waals surface area contributed by atoms with Gasteiger partial charge in [0, 0.05) is 17.8 Å². The molecule has 3 nitrogen and oxygen atoms in total. The van der Waals surface area contributed by atoms with E-state index >= 15 is 0 Å². The van der Waals surface area contributed by atoms with Gasteiger partial charge in [-0.1, -0.05) is 20.8 Å². The number of aromatic nitrogens is 2. The third-order valence-electron chi connectivity index (χ3n) is 3.94. The summed E-state index contributed by atoms with van der Waals surface area (Å²) in [5.41, 5.74) is 1.65. The first-order valence-corrected chi connectivity index (χ1v) is 7.09. The fraction of sp³-hybridized carbons (Fsp3) is 0.733. The van der Waals surface area contributed by atoms with Crippen LogP contribution < -0.4 is 5.32 Å². The highest BCUT2D eigenvalue weighted by molar-refractivity contribution is 5.37. The van der Waals surface area contributed by atoms with Crippen molar-refractivity contribution in [2.75, 3.05) is 5.32 Å². The Morgan fingerprint density at radius 1 is 1.28 bits per heavy atom. The van der Waals surface area contributed by atoms with Gasteiger partial charge in [-0.3, -0.25) is 0 Å². The van der Waals surface area contributed by atoms with Gasteiger partial charge in [0.2, 0.25) is 0 Å². The van der Waals surface area contributed by atoms with Crippen molar-refractivity contribution in [3.8, 4) is 0 Å². The molecule has 1 heterocycles. The first kappa shape index (κ1) is 13.3. The molecule has 1 fully saturated rings. The molecule has 0 saturated heterocycles. The molecule has 3 heteroatoms. The fourth-order valence-electron chi connectivity index (χ4n) is 2.64. The minimum atomic E-state index is 0.522. The van der Waals surface area contributed by atoms with Crippen LogP contribution in [0.1, 0.15) is 58.0 Å². The predicted molar refractivity (Wildman–Crippen MR) is 75.8 cm³/mol. The van der Waals surface area contributed by atoms with Crippen LogP contribution in [0.25, 0.3) is 0 Å². The number of hydrogen-bond donors (Lipinski definition) is 1. The Morgan fingerprint density at radius 2 is 1.94 bits per heavy atom. The molecule has 0 spiro atoms. The Bertz CT molecular complexity index is 402. The van der Waals surface area contributed by atoms with Gasteiger partial charge in [0.05, 0.1) is 0 Å². The zero-order valence-electron chi connectivity index (χ0n) is 12.1. The van der Waals surface area contributed by atoms with Gasteiger partial charge in [0.25, 0.3) is 0 Å². The normalized spacial score (nSPS) is 19.8. The maximum Gasteiger partial charge on any atom is 0.130 e. The second kappa shape index (κ2) is 5.25. The summed E-state index contributed by atoms with van der Waals surface area (Å²) in [6.07, 6.45) is 6.06. The van der Waals surface area contributed by atoms with Crippen molar-refractivity contribution in [2.45, 2.75) is 65.8 Å². The summed E-state index contributed by atoms with van der Waals surface area (Å²) in [5.74, 6) is 1.87. The highest BCUT2D eigenvalue weighted by Gasteiger charge is 2.26. The lowest BCUT2D eigenvalue weighted by atomic mass is 9.75. The summed E-state index contributed by atoms with van der Waals surface area (Å²) in [6.45, 7) is 8.84. The van der Waals surface area contributed by atoms with Crippen LogP contribution in [0.5, 0.6) is 0 Å². The van der Waals surface area contributed by atoms with E-state index < -0.39 is 0 Å².